The second-order valence-electron chi connectivity index (χ2n) is 4.35. The minimum absolute atomic E-state index is 0.528. The lowest BCUT2D eigenvalue weighted by Gasteiger charge is -2.12. The van der Waals surface area contributed by atoms with E-state index in [1.165, 1.54) is 11.3 Å². The molecule has 1 aromatic carbocycles. The highest BCUT2D eigenvalue weighted by molar-refractivity contribution is 7.16. The van der Waals surface area contributed by atoms with Gasteiger partial charge in [0, 0.05) is 11.3 Å². The van der Waals surface area contributed by atoms with Gasteiger partial charge < -0.3 is 9.84 Å². The smallest absolute Gasteiger partial charge is 0.119 e. The average Bonchev–Trinajstić information content (AvgIpc) is 2.82. The molecule has 19 heavy (non-hydrogen) atoms. The summed E-state index contributed by atoms with van der Waals surface area (Å²) in [7, 11) is 0. The summed E-state index contributed by atoms with van der Waals surface area (Å²) >= 11 is 7.39. The monoisotopic (exact) mass is 296 g/mol. The summed E-state index contributed by atoms with van der Waals surface area (Å²) in [5.41, 5.74) is 0.873. The van der Waals surface area contributed by atoms with Gasteiger partial charge in [0.1, 0.15) is 5.75 Å². The first-order valence-electron chi connectivity index (χ1n) is 6.34. The van der Waals surface area contributed by atoms with Crippen molar-refractivity contribution in [3.8, 4) is 5.75 Å². The number of aliphatic hydroxyl groups excluding tert-OH is 1. The predicted molar refractivity (Wildman–Crippen MR) is 80.2 cm³/mol. The van der Waals surface area contributed by atoms with E-state index in [2.05, 4.69) is 6.92 Å². The van der Waals surface area contributed by atoms with Gasteiger partial charge in [0.05, 0.1) is 17.0 Å². The fraction of sp³-hybridized carbons (Fsp3) is 0.333. The van der Waals surface area contributed by atoms with Crippen molar-refractivity contribution in [2.45, 2.75) is 25.9 Å². The van der Waals surface area contributed by atoms with Crippen LogP contribution in [0.15, 0.2) is 36.4 Å². The predicted octanol–water partition coefficient (Wildman–Crippen LogP) is 4.47. The summed E-state index contributed by atoms with van der Waals surface area (Å²) in [6, 6.07) is 11.4. The molecule has 0 aliphatic heterocycles. The van der Waals surface area contributed by atoms with Crippen molar-refractivity contribution in [2.24, 2.45) is 0 Å². The van der Waals surface area contributed by atoms with Crippen LogP contribution in [0, 0.1) is 0 Å². The van der Waals surface area contributed by atoms with Crippen LogP contribution < -0.4 is 4.74 Å². The quantitative estimate of drug-likeness (QED) is 0.852. The number of rotatable bonds is 6. The number of hydrogen-bond donors (Lipinski definition) is 1. The zero-order valence-corrected chi connectivity index (χ0v) is 12.4. The molecule has 0 bridgehead atoms. The highest BCUT2D eigenvalue weighted by Gasteiger charge is 2.11. The molecule has 1 atom stereocenters. The van der Waals surface area contributed by atoms with Crippen LogP contribution in [-0.2, 0) is 6.42 Å². The molecule has 2 nitrogen and oxygen atoms in total. The van der Waals surface area contributed by atoms with Crippen molar-refractivity contribution in [1.29, 1.82) is 0 Å². The molecule has 2 aromatic rings. The van der Waals surface area contributed by atoms with E-state index < -0.39 is 6.10 Å². The van der Waals surface area contributed by atoms with Gasteiger partial charge in [-0.05, 0) is 36.2 Å². The molecular weight excluding hydrogens is 280 g/mol. The van der Waals surface area contributed by atoms with E-state index in [1.807, 2.05) is 36.4 Å². The molecule has 0 radical (unpaired) electrons. The molecule has 2 rings (SSSR count). The lowest BCUT2D eigenvalue weighted by molar-refractivity contribution is 0.179. The molecule has 1 N–H and O–H groups in total. The third kappa shape index (κ3) is 4.23. The summed E-state index contributed by atoms with van der Waals surface area (Å²) in [6.45, 7) is 2.76. The van der Waals surface area contributed by atoms with Gasteiger partial charge in [-0.1, -0.05) is 30.7 Å². The largest absolute Gasteiger partial charge is 0.494 e. The van der Waals surface area contributed by atoms with Gasteiger partial charge in [0.25, 0.3) is 0 Å². The van der Waals surface area contributed by atoms with Crippen LogP contribution in [0.5, 0.6) is 5.75 Å². The van der Waals surface area contributed by atoms with Crippen LogP contribution >= 0.6 is 22.9 Å². The standard InChI is InChI=1S/C15H17ClO2S/c1-2-8-18-12-5-3-4-11(9-12)14(17)10-13-6-7-15(16)19-13/h3-7,9,14,17H,2,8,10H2,1H3. The number of thiophene rings is 1. The molecule has 0 saturated heterocycles. The Morgan fingerprint density at radius 1 is 1.32 bits per heavy atom. The lowest BCUT2D eigenvalue weighted by Crippen LogP contribution is -2.02. The van der Waals surface area contributed by atoms with Crippen LogP contribution in [0.3, 0.4) is 0 Å². The molecule has 4 heteroatoms. The molecule has 1 aromatic heterocycles. The van der Waals surface area contributed by atoms with Crippen LogP contribution in [0.1, 0.15) is 29.9 Å². The van der Waals surface area contributed by atoms with Gasteiger partial charge in [0.15, 0.2) is 0 Å². The molecule has 0 spiro atoms. The Balaban J connectivity index is 2.03. The maximum Gasteiger partial charge on any atom is 0.119 e. The van der Waals surface area contributed by atoms with Gasteiger partial charge in [-0.15, -0.1) is 11.3 Å². The van der Waals surface area contributed by atoms with Crippen molar-refractivity contribution in [2.75, 3.05) is 6.61 Å². The van der Waals surface area contributed by atoms with Crippen molar-refractivity contribution in [1.82, 2.24) is 0 Å². The first-order chi connectivity index (χ1) is 9.19. The summed E-state index contributed by atoms with van der Waals surface area (Å²) in [4.78, 5) is 1.08. The molecule has 0 saturated carbocycles. The van der Waals surface area contributed by atoms with Crippen molar-refractivity contribution in [3.63, 3.8) is 0 Å². The molecule has 102 valence electrons. The van der Waals surface area contributed by atoms with Crippen LogP contribution in [-0.4, -0.2) is 11.7 Å². The van der Waals surface area contributed by atoms with Gasteiger partial charge in [-0.2, -0.15) is 0 Å². The molecular formula is C15H17ClO2S. The normalized spacial score (nSPS) is 12.4. The third-order valence-corrected chi connectivity index (χ3v) is 3.99. The molecule has 0 aliphatic rings. The summed E-state index contributed by atoms with van der Waals surface area (Å²) in [5, 5.41) is 10.2. The first kappa shape index (κ1) is 14.4. The van der Waals surface area contributed by atoms with Crippen LogP contribution in [0.25, 0.3) is 0 Å². The fourth-order valence-electron chi connectivity index (χ4n) is 1.80. The number of halogens is 1. The summed E-state index contributed by atoms with van der Waals surface area (Å²) < 4.78 is 6.32. The Bertz CT molecular complexity index is 524. The Morgan fingerprint density at radius 2 is 2.16 bits per heavy atom. The maximum atomic E-state index is 10.2. The Hall–Kier alpha value is -1.03. The molecule has 1 unspecified atom stereocenters. The number of hydrogen-bond acceptors (Lipinski definition) is 3. The number of ether oxygens (including phenoxy) is 1. The van der Waals surface area contributed by atoms with Gasteiger partial charge >= 0.3 is 0 Å². The van der Waals surface area contributed by atoms with Crippen molar-refractivity contribution in [3.05, 3.63) is 51.2 Å². The summed E-state index contributed by atoms with van der Waals surface area (Å²) in [5.74, 6) is 0.808. The second-order valence-corrected chi connectivity index (χ2v) is 6.15. The van der Waals surface area contributed by atoms with E-state index in [0.29, 0.717) is 13.0 Å². The van der Waals surface area contributed by atoms with E-state index in [4.69, 9.17) is 16.3 Å². The topological polar surface area (TPSA) is 29.5 Å². The number of benzene rings is 1. The van der Waals surface area contributed by atoms with Gasteiger partial charge in [-0.25, -0.2) is 0 Å². The number of aliphatic hydroxyl groups is 1. The van der Waals surface area contributed by atoms with Crippen molar-refractivity contribution < 1.29 is 9.84 Å². The minimum Gasteiger partial charge on any atom is -0.494 e. The lowest BCUT2D eigenvalue weighted by atomic mass is 10.1. The zero-order valence-electron chi connectivity index (χ0n) is 10.8. The molecule has 0 aliphatic carbocycles. The molecule has 1 heterocycles. The second kappa shape index (κ2) is 6.94. The van der Waals surface area contributed by atoms with Gasteiger partial charge in [0.2, 0.25) is 0 Å². The van der Waals surface area contributed by atoms with E-state index in [1.54, 1.807) is 0 Å². The highest BCUT2D eigenvalue weighted by atomic mass is 35.5. The maximum absolute atomic E-state index is 10.2. The summed E-state index contributed by atoms with van der Waals surface area (Å²) in [6.07, 6.45) is 1.02. The SMILES string of the molecule is CCCOc1cccc(C(O)Cc2ccc(Cl)s2)c1. The zero-order chi connectivity index (χ0) is 13.7. The van der Waals surface area contributed by atoms with Gasteiger partial charge in [-0.3, -0.25) is 0 Å². The molecule has 0 amide bonds. The highest BCUT2D eigenvalue weighted by Crippen LogP contribution is 2.27. The van der Waals surface area contributed by atoms with Crippen molar-refractivity contribution >= 4 is 22.9 Å². The van der Waals surface area contributed by atoms with Crippen LogP contribution in [0.4, 0.5) is 0 Å². The molecule has 0 fully saturated rings. The first-order valence-corrected chi connectivity index (χ1v) is 7.53. The van der Waals surface area contributed by atoms with Crippen LogP contribution in [0.2, 0.25) is 4.34 Å². The van der Waals surface area contributed by atoms with E-state index in [-0.39, 0.29) is 0 Å². The van der Waals surface area contributed by atoms with E-state index in [0.717, 1.165) is 26.9 Å². The fourth-order valence-corrected chi connectivity index (χ4v) is 2.93. The van der Waals surface area contributed by atoms with E-state index >= 15 is 0 Å². The van der Waals surface area contributed by atoms with E-state index in [9.17, 15) is 5.11 Å². The Labute approximate surface area is 122 Å². The third-order valence-electron chi connectivity index (χ3n) is 2.74. The average molecular weight is 297 g/mol. The Kier molecular flexibility index (Phi) is 5.25. The minimum atomic E-state index is -0.528. The Morgan fingerprint density at radius 3 is 2.84 bits per heavy atom.